The molecule has 1 saturated heterocycles. The van der Waals surface area contributed by atoms with Gasteiger partial charge in [0.2, 0.25) is 0 Å². The van der Waals surface area contributed by atoms with Crippen molar-refractivity contribution in [1.82, 2.24) is 10.2 Å². The lowest BCUT2D eigenvalue weighted by atomic mass is 10.0. The minimum Gasteiger partial charge on any atom is -0.374 e. The maximum atomic E-state index is 12.4. The van der Waals surface area contributed by atoms with Gasteiger partial charge in [-0.15, -0.1) is 11.3 Å². The molecule has 1 amide bonds. The fourth-order valence-electron chi connectivity index (χ4n) is 3.99. The van der Waals surface area contributed by atoms with Crippen LogP contribution in [0.2, 0.25) is 0 Å². The van der Waals surface area contributed by atoms with E-state index in [0.717, 1.165) is 30.9 Å². The second kappa shape index (κ2) is 7.18. The van der Waals surface area contributed by atoms with E-state index in [9.17, 15) is 4.79 Å². The first-order valence-electron chi connectivity index (χ1n) is 9.12. The zero-order chi connectivity index (χ0) is 17.2. The molecule has 0 unspecified atom stereocenters. The lowest BCUT2D eigenvalue weighted by molar-refractivity contribution is 0.0942. The molecule has 0 saturated carbocycles. The Bertz CT molecular complexity index is 737. The Morgan fingerprint density at radius 1 is 1.24 bits per heavy atom. The van der Waals surface area contributed by atoms with Crippen LogP contribution in [0, 0.1) is 0 Å². The molecular formula is C20H25N3OS. The van der Waals surface area contributed by atoms with Crippen LogP contribution < -0.4 is 10.2 Å². The van der Waals surface area contributed by atoms with Gasteiger partial charge in [-0.2, -0.15) is 0 Å². The topological polar surface area (TPSA) is 35.6 Å². The molecule has 4 rings (SSSR count). The summed E-state index contributed by atoms with van der Waals surface area (Å²) in [5.41, 5.74) is 4.13. The van der Waals surface area contributed by atoms with E-state index in [2.05, 4.69) is 40.4 Å². The minimum absolute atomic E-state index is 0.0418. The zero-order valence-corrected chi connectivity index (χ0v) is 15.5. The number of nitrogens with zero attached hydrogens (tertiary/aromatic N) is 2. The average Bonchev–Trinajstić information content (AvgIpc) is 3.37. The Labute approximate surface area is 153 Å². The standard InChI is InChI=1S/C20H25N3OS/c1-22-11-8-16-13-15(6-7-17(16)22)18(23-9-2-3-10-23)14-21-20(24)19-5-4-12-25-19/h4-7,12-13,18H,2-3,8-11,14H2,1H3,(H,21,24)/t18-/m0/s1. The van der Waals surface area contributed by atoms with E-state index in [4.69, 9.17) is 0 Å². The van der Waals surface area contributed by atoms with Crippen molar-refractivity contribution in [2.24, 2.45) is 0 Å². The van der Waals surface area contributed by atoms with Gasteiger partial charge < -0.3 is 10.2 Å². The van der Waals surface area contributed by atoms with Crippen molar-refractivity contribution < 1.29 is 4.79 Å². The van der Waals surface area contributed by atoms with E-state index in [1.807, 2.05) is 17.5 Å². The molecule has 1 fully saturated rings. The van der Waals surface area contributed by atoms with Gasteiger partial charge in [0.05, 0.1) is 10.9 Å². The predicted octanol–water partition coefficient (Wildman–Crippen LogP) is 3.31. The van der Waals surface area contributed by atoms with Crippen LogP contribution in [0.3, 0.4) is 0 Å². The number of rotatable bonds is 5. The third kappa shape index (κ3) is 3.44. The number of anilines is 1. The number of likely N-dealkylation sites (N-methyl/N-ethyl adjacent to an activating group) is 1. The van der Waals surface area contributed by atoms with Crippen molar-refractivity contribution in [2.45, 2.75) is 25.3 Å². The molecule has 0 bridgehead atoms. The summed E-state index contributed by atoms with van der Waals surface area (Å²) in [6.07, 6.45) is 3.63. The van der Waals surface area contributed by atoms with Gasteiger partial charge in [0.1, 0.15) is 0 Å². The van der Waals surface area contributed by atoms with Gasteiger partial charge >= 0.3 is 0 Å². The van der Waals surface area contributed by atoms with Crippen LogP contribution in [0.5, 0.6) is 0 Å². The highest BCUT2D eigenvalue weighted by molar-refractivity contribution is 7.12. The van der Waals surface area contributed by atoms with Gasteiger partial charge in [0, 0.05) is 25.8 Å². The quantitative estimate of drug-likeness (QED) is 0.894. The molecular weight excluding hydrogens is 330 g/mol. The van der Waals surface area contributed by atoms with Crippen LogP contribution in [-0.4, -0.2) is 44.0 Å². The van der Waals surface area contributed by atoms with Gasteiger partial charge in [0.25, 0.3) is 5.91 Å². The Balaban J connectivity index is 1.53. The Kier molecular flexibility index (Phi) is 4.77. The highest BCUT2D eigenvalue weighted by atomic mass is 32.1. The summed E-state index contributed by atoms with van der Waals surface area (Å²) in [5.74, 6) is 0.0418. The Morgan fingerprint density at radius 3 is 2.84 bits per heavy atom. The zero-order valence-electron chi connectivity index (χ0n) is 14.7. The maximum absolute atomic E-state index is 12.4. The third-order valence-corrected chi connectivity index (χ3v) is 6.27. The van der Waals surface area contributed by atoms with E-state index in [0.29, 0.717) is 6.54 Å². The summed E-state index contributed by atoms with van der Waals surface area (Å²) >= 11 is 1.50. The molecule has 2 aliphatic heterocycles. The highest BCUT2D eigenvalue weighted by Gasteiger charge is 2.26. The number of carbonyl (C=O) groups is 1. The van der Waals surface area contributed by atoms with Crippen molar-refractivity contribution in [3.8, 4) is 0 Å². The van der Waals surface area contributed by atoms with Crippen LogP contribution in [0.4, 0.5) is 5.69 Å². The van der Waals surface area contributed by atoms with Gasteiger partial charge in [0.15, 0.2) is 0 Å². The average molecular weight is 356 g/mol. The minimum atomic E-state index is 0.0418. The summed E-state index contributed by atoms with van der Waals surface area (Å²) in [6, 6.07) is 10.9. The molecule has 1 N–H and O–H groups in total. The van der Waals surface area contributed by atoms with E-state index >= 15 is 0 Å². The fraction of sp³-hybridized carbons (Fsp3) is 0.450. The number of thiophene rings is 1. The molecule has 1 aromatic carbocycles. The molecule has 0 spiro atoms. The molecule has 3 heterocycles. The summed E-state index contributed by atoms with van der Waals surface area (Å²) in [4.78, 5) is 18.0. The maximum Gasteiger partial charge on any atom is 0.261 e. The Hall–Kier alpha value is -1.85. The first-order valence-corrected chi connectivity index (χ1v) is 10.00. The van der Waals surface area contributed by atoms with Gasteiger partial charge in [-0.25, -0.2) is 0 Å². The third-order valence-electron chi connectivity index (χ3n) is 5.40. The van der Waals surface area contributed by atoms with E-state index in [1.54, 1.807) is 0 Å². The molecule has 25 heavy (non-hydrogen) atoms. The highest BCUT2D eigenvalue weighted by Crippen LogP contribution is 2.32. The van der Waals surface area contributed by atoms with Crippen LogP contribution in [0.15, 0.2) is 35.7 Å². The van der Waals surface area contributed by atoms with Gasteiger partial charge in [-0.05, 0) is 61.0 Å². The molecule has 1 atom stereocenters. The van der Waals surface area contributed by atoms with Crippen molar-refractivity contribution in [3.05, 3.63) is 51.7 Å². The first kappa shape index (κ1) is 16.6. The molecule has 2 aromatic rings. The number of carbonyl (C=O) groups excluding carboxylic acids is 1. The second-order valence-corrected chi connectivity index (χ2v) is 7.95. The lowest BCUT2D eigenvalue weighted by Gasteiger charge is -2.28. The van der Waals surface area contributed by atoms with Crippen molar-refractivity contribution in [2.75, 3.05) is 38.1 Å². The van der Waals surface area contributed by atoms with E-state index in [-0.39, 0.29) is 11.9 Å². The van der Waals surface area contributed by atoms with Crippen molar-refractivity contribution in [1.29, 1.82) is 0 Å². The first-order chi connectivity index (χ1) is 12.2. The SMILES string of the molecule is CN1CCc2cc([C@H](CNC(=O)c3cccs3)N3CCCC3)ccc21. The van der Waals surface area contributed by atoms with Crippen LogP contribution in [0.25, 0.3) is 0 Å². The molecule has 4 nitrogen and oxygen atoms in total. The number of amides is 1. The number of hydrogen-bond donors (Lipinski definition) is 1. The molecule has 2 aliphatic rings. The molecule has 0 radical (unpaired) electrons. The summed E-state index contributed by atoms with van der Waals surface area (Å²) in [7, 11) is 2.16. The predicted molar refractivity (Wildman–Crippen MR) is 104 cm³/mol. The largest absolute Gasteiger partial charge is 0.374 e. The van der Waals surface area contributed by atoms with Gasteiger partial charge in [-0.3, -0.25) is 9.69 Å². The van der Waals surface area contributed by atoms with Crippen LogP contribution in [0.1, 0.15) is 39.7 Å². The van der Waals surface area contributed by atoms with Crippen LogP contribution in [-0.2, 0) is 6.42 Å². The molecule has 0 aliphatic carbocycles. The monoisotopic (exact) mass is 355 g/mol. The van der Waals surface area contributed by atoms with E-state index in [1.165, 1.54) is 41.0 Å². The molecule has 1 aromatic heterocycles. The number of benzene rings is 1. The molecule has 132 valence electrons. The smallest absolute Gasteiger partial charge is 0.261 e. The number of nitrogens with one attached hydrogen (secondary N) is 1. The van der Waals surface area contributed by atoms with Crippen molar-refractivity contribution >= 4 is 22.9 Å². The number of likely N-dealkylation sites (tertiary alicyclic amines) is 1. The van der Waals surface area contributed by atoms with Crippen LogP contribution >= 0.6 is 11.3 Å². The summed E-state index contributed by atoms with van der Waals surface area (Å²) < 4.78 is 0. The summed E-state index contributed by atoms with van der Waals surface area (Å²) in [5, 5.41) is 5.10. The van der Waals surface area contributed by atoms with Gasteiger partial charge in [-0.1, -0.05) is 18.2 Å². The lowest BCUT2D eigenvalue weighted by Crippen LogP contribution is -2.36. The number of fused-ring (bicyclic) bond motifs is 1. The summed E-state index contributed by atoms with van der Waals surface area (Å²) in [6.45, 7) is 4.01. The number of hydrogen-bond acceptors (Lipinski definition) is 4. The van der Waals surface area contributed by atoms with E-state index < -0.39 is 0 Å². The Morgan fingerprint density at radius 2 is 2.08 bits per heavy atom. The normalized spacial score (nSPS) is 18.4. The molecule has 5 heteroatoms. The second-order valence-electron chi connectivity index (χ2n) is 7.01. The fourth-order valence-corrected chi connectivity index (χ4v) is 4.63. The van der Waals surface area contributed by atoms with Crippen molar-refractivity contribution in [3.63, 3.8) is 0 Å².